The molecule has 0 bridgehead atoms. The third-order valence-corrected chi connectivity index (χ3v) is 9.70. The average Bonchev–Trinajstić information content (AvgIpc) is 3.56. The Bertz CT molecular complexity index is 1860. The second-order valence-electron chi connectivity index (χ2n) is 10.7. The number of oxime groups is 2. The highest BCUT2D eigenvalue weighted by molar-refractivity contribution is 7.86. The van der Waals surface area contributed by atoms with E-state index in [0.717, 1.165) is 39.7 Å². The summed E-state index contributed by atoms with van der Waals surface area (Å²) >= 11 is 1.50. The van der Waals surface area contributed by atoms with Crippen LogP contribution in [-0.4, -0.2) is 51.5 Å². The molecule has 1 aliphatic heterocycles. The van der Waals surface area contributed by atoms with Crippen LogP contribution in [0.25, 0.3) is 10.2 Å². The van der Waals surface area contributed by atoms with E-state index in [1.54, 1.807) is 13.8 Å². The van der Waals surface area contributed by atoms with Crippen molar-refractivity contribution in [2.75, 3.05) is 12.5 Å². The number of rotatable bonds is 6. The van der Waals surface area contributed by atoms with Gasteiger partial charge < -0.3 is 0 Å². The molecule has 0 N–H and O–H groups in total. The Kier molecular flexibility index (Phi) is 9.70. The summed E-state index contributed by atoms with van der Waals surface area (Å²) < 4.78 is 54.1. The van der Waals surface area contributed by atoms with Crippen LogP contribution in [0.4, 0.5) is 5.69 Å². The molecular weight excluding hydrogens is 597 g/mol. The molecule has 1 aliphatic rings. The zero-order valence-electron chi connectivity index (χ0n) is 26.2. The van der Waals surface area contributed by atoms with Crippen LogP contribution < -0.4 is 0 Å². The third-order valence-electron chi connectivity index (χ3n) is 7.73. The fraction of sp³-hybridized carbons (Fsp3) is 0.448. The Morgan fingerprint density at radius 3 is 1.71 bits per heavy atom. The van der Waals surface area contributed by atoms with E-state index in [1.165, 1.54) is 55.8 Å². The van der Waals surface area contributed by atoms with Crippen LogP contribution in [0.15, 0.2) is 15.3 Å². The van der Waals surface area contributed by atoms with Crippen molar-refractivity contribution in [2.24, 2.45) is 15.3 Å². The number of hydrogen-bond donors (Lipinski definition) is 0. The van der Waals surface area contributed by atoms with Crippen molar-refractivity contribution in [2.45, 2.75) is 75.7 Å². The molecule has 42 heavy (non-hydrogen) atoms. The Labute approximate surface area is 252 Å². The zero-order valence-corrected chi connectivity index (χ0v) is 28.6. The quantitative estimate of drug-likeness (QED) is 0.235. The summed E-state index contributed by atoms with van der Waals surface area (Å²) in [6.45, 7) is 20.1. The molecule has 0 amide bonds. The van der Waals surface area contributed by atoms with Crippen molar-refractivity contribution in [3.63, 3.8) is 0 Å². The lowest BCUT2D eigenvalue weighted by atomic mass is 9.91. The maximum absolute atomic E-state index is 11.0. The van der Waals surface area contributed by atoms with Crippen molar-refractivity contribution in [3.05, 3.63) is 55.1 Å². The SMILES string of the molecule is CC(=NOS(C)(=O)=O)C1=Nc2c(C)c(C)c(C)c(C)c2C1.CC(=NOS(C)(=O)=O)c1nc2c(C)c(C)c(C)c(C)c2s1. The van der Waals surface area contributed by atoms with Crippen molar-refractivity contribution in [1.82, 2.24) is 4.98 Å². The highest BCUT2D eigenvalue weighted by Gasteiger charge is 2.23. The Morgan fingerprint density at radius 1 is 0.690 bits per heavy atom. The van der Waals surface area contributed by atoms with Gasteiger partial charge in [0, 0.05) is 6.42 Å². The lowest BCUT2D eigenvalue weighted by molar-refractivity contribution is 0.342. The molecule has 0 spiro atoms. The molecule has 0 atom stereocenters. The van der Waals surface area contributed by atoms with E-state index >= 15 is 0 Å². The standard InChI is InChI=1S/C15H20N2O3S.C14H18N2O3S2/c1-8-9(2)11(4)15-13(10(8)3)7-14(16-15)12(5)17-20-21(6,18)19;1-7-8(2)10(4)13-12(9(7)3)15-14(20-13)11(5)16-19-21(6,17)18/h7H2,1-6H3;1-6H3. The largest absolute Gasteiger partial charge is 0.325 e. The first-order valence-corrected chi connectivity index (χ1v) is 17.6. The van der Waals surface area contributed by atoms with E-state index in [4.69, 9.17) is 0 Å². The van der Waals surface area contributed by atoms with Crippen molar-refractivity contribution in [3.8, 4) is 0 Å². The lowest BCUT2D eigenvalue weighted by Crippen LogP contribution is -2.12. The summed E-state index contributed by atoms with van der Waals surface area (Å²) in [5.41, 5.74) is 14.6. The van der Waals surface area contributed by atoms with E-state index in [-0.39, 0.29) is 0 Å². The number of thiazole rings is 1. The molecule has 3 aromatic rings. The maximum atomic E-state index is 11.0. The first-order valence-electron chi connectivity index (χ1n) is 13.1. The minimum atomic E-state index is -3.60. The number of fused-ring (bicyclic) bond motifs is 2. The fourth-order valence-electron chi connectivity index (χ4n) is 4.52. The number of benzene rings is 2. The van der Waals surface area contributed by atoms with Gasteiger partial charge in [-0.2, -0.15) is 16.8 Å². The minimum absolute atomic E-state index is 0.454. The van der Waals surface area contributed by atoms with Gasteiger partial charge in [0.2, 0.25) is 0 Å². The first kappa shape index (κ1) is 33.3. The number of nitrogens with zero attached hydrogens (tertiary/aromatic N) is 4. The second kappa shape index (κ2) is 12.2. The minimum Gasteiger partial charge on any atom is -0.268 e. The molecule has 0 unspecified atom stereocenters. The zero-order chi connectivity index (χ0) is 31.9. The fourth-order valence-corrected chi connectivity index (χ4v) is 6.13. The molecular formula is C29H38N4O6S3. The van der Waals surface area contributed by atoms with E-state index < -0.39 is 20.2 Å². The van der Waals surface area contributed by atoms with Crippen LogP contribution in [0.1, 0.15) is 68.9 Å². The molecule has 10 nitrogen and oxygen atoms in total. The van der Waals surface area contributed by atoms with Crippen LogP contribution in [-0.2, 0) is 35.2 Å². The number of aliphatic imine (C=N–C) groups is 1. The third kappa shape index (κ3) is 7.24. The van der Waals surface area contributed by atoms with E-state index in [0.29, 0.717) is 22.9 Å². The number of aromatic nitrogens is 1. The van der Waals surface area contributed by atoms with Gasteiger partial charge in [0.1, 0.15) is 16.4 Å². The van der Waals surface area contributed by atoms with Gasteiger partial charge in [-0.15, -0.1) is 11.3 Å². The summed E-state index contributed by atoms with van der Waals surface area (Å²) in [5.74, 6) is 0. The summed E-state index contributed by atoms with van der Waals surface area (Å²) in [4.78, 5) is 9.21. The summed E-state index contributed by atoms with van der Waals surface area (Å²) in [7, 11) is -7.19. The van der Waals surface area contributed by atoms with Gasteiger partial charge >= 0.3 is 20.2 Å². The monoisotopic (exact) mass is 634 g/mol. The van der Waals surface area contributed by atoms with Crippen molar-refractivity contribution < 1.29 is 25.4 Å². The maximum Gasteiger partial charge on any atom is 0.325 e. The van der Waals surface area contributed by atoms with Crippen LogP contribution in [0.2, 0.25) is 0 Å². The van der Waals surface area contributed by atoms with Crippen LogP contribution in [0.5, 0.6) is 0 Å². The molecule has 13 heteroatoms. The lowest BCUT2D eigenvalue weighted by Gasteiger charge is -2.13. The van der Waals surface area contributed by atoms with Crippen LogP contribution in [0.3, 0.4) is 0 Å². The van der Waals surface area contributed by atoms with E-state index in [9.17, 15) is 16.8 Å². The van der Waals surface area contributed by atoms with Gasteiger partial charge in [0.25, 0.3) is 0 Å². The average molecular weight is 635 g/mol. The predicted molar refractivity (Wildman–Crippen MR) is 172 cm³/mol. The van der Waals surface area contributed by atoms with E-state index in [1.807, 2.05) is 6.92 Å². The summed E-state index contributed by atoms with van der Waals surface area (Å²) in [5, 5.41) is 7.98. The van der Waals surface area contributed by atoms with Gasteiger partial charge in [0.05, 0.1) is 34.1 Å². The predicted octanol–water partition coefficient (Wildman–Crippen LogP) is 6.13. The molecule has 1 aromatic heterocycles. The van der Waals surface area contributed by atoms with Crippen molar-refractivity contribution >= 4 is 64.6 Å². The van der Waals surface area contributed by atoms with Gasteiger partial charge in [-0.3, -0.25) is 13.6 Å². The summed E-state index contributed by atoms with van der Waals surface area (Å²) in [6, 6.07) is 0. The molecule has 2 heterocycles. The number of aryl methyl sites for hydroxylation is 2. The summed E-state index contributed by atoms with van der Waals surface area (Å²) in [6.07, 6.45) is 2.59. The van der Waals surface area contributed by atoms with Crippen LogP contribution >= 0.6 is 11.3 Å². The number of hydrogen-bond acceptors (Lipinski definition) is 11. The molecule has 0 saturated heterocycles. The van der Waals surface area contributed by atoms with Gasteiger partial charge in [-0.1, -0.05) is 10.3 Å². The second-order valence-corrected chi connectivity index (χ2v) is 14.8. The Morgan fingerprint density at radius 2 is 1.17 bits per heavy atom. The highest BCUT2D eigenvalue weighted by atomic mass is 32.2. The molecule has 4 rings (SSSR count). The Hall–Kier alpha value is -3.16. The molecule has 0 fully saturated rings. The molecule has 0 radical (unpaired) electrons. The Balaban J connectivity index is 0.000000230. The van der Waals surface area contributed by atoms with Gasteiger partial charge in [0.15, 0.2) is 0 Å². The van der Waals surface area contributed by atoms with Crippen LogP contribution in [0, 0.1) is 55.4 Å². The smallest absolute Gasteiger partial charge is 0.268 e. The normalized spacial score (nSPS) is 14.0. The van der Waals surface area contributed by atoms with Gasteiger partial charge in [-0.25, -0.2) is 4.98 Å². The molecule has 0 aliphatic carbocycles. The first-order chi connectivity index (χ1) is 19.2. The molecule has 228 valence electrons. The van der Waals surface area contributed by atoms with Crippen molar-refractivity contribution in [1.29, 1.82) is 0 Å². The van der Waals surface area contributed by atoms with Gasteiger partial charge in [-0.05, 0) is 119 Å². The van der Waals surface area contributed by atoms with E-state index in [2.05, 4.69) is 77.3 Å². The molecule has 0 saturated carbocycles. The highest BCUT2D eigenvalue weighted by Crippen LogP contribution is 2.37. The molecule has 2 aromatic carbocycles. The topological polar surface area (TPSA) is 137 Å².